The molecule has 0 atom stereocenters. The van der Waals surface area contributed by atoms with Crippen LogP contribution in [0, 0.1) is 5.92 Å². The lowest BCUT2D eigenvalue weighted by Gasteiger charge is -2.22. The Hall–Kier alpha value is -2.05. The van der Waals surface area contributed by atoms with Gasteiger partial charge in [0.15, 0.2) is 0 Å². The zero-order valence-electron chi connectivity index (χ0n) is 14.7. The largest absolute Gasteiger partial charge is 0.493 e. The molecule has 1 N–H and O–H groups in total. The van der Waals surface area contributed by atoms with Gasteiger partial charge in [0, 0.05) is 0 Å². The summed E-state index contributed by atoms with van der Waals surface area (Å²) in [5.74, 6) is 2.41. The summed E-state index contributed by atoms with van der Waals surface area (Å²) in [5, 5.41) is 3.36. The lowest BCUT2D eigenvalue weighted by molar-refractivity contribution is 0.0600. The minimum absolute atomic E-state index is 0.382. The van der Waals surface area contributed by atoms with E-state index >= 15 is 0 Å². The van der Waals surface area contributed by atoms with Crippen molar-refractivity contribution in [2.24, 2.45) is 5.92 Å². The molecule has 0 amide bonds. The van der Waals surface area contributed by atoms with Gasteiger partial charge < -0.3 is 19.5 Å². The van der Waals surface area contributed by atoms with Gasteiger partial charge in [0.1, 0.15) is 17.2 Å². The zero-order valence-corrected chi connectivity index (χ0v) is 16.3. The van der Waals surface area contributed by atoms with Gasteiger partial charge in [-0.05, 0) is 90.2 Å². The Bertz CT molecular complexity index is 742. The highest BCUT2D eigenvalue weighted by Crippen LogP contribution is 2.31. The van der Waals surface area contributed by atoms with Gasteiger partial charge in [0.25, 0.3) is 0 Å². The molecule has 6 heteroatoms. The van der Waals surface area contributed by atoms with Crippen LogP contribution in [-0.4, -0.2) is 32.8 Å². The van der Waals surface area contributed by atoms with Gasteiger partial charge in [-0.1, -0.05) is 0 Å². The minimum Gasteiger partial charge on any atom is -0.493 e. The molecule has 1 aliphatic rings. The third-order valence-corrected chi connectivity index (χ3v) is 4.97. The number of esters is 1. The van der Waals surface area contributed by atoms with E-state index in [1.165, 1.54) is 7.11 Å². The normalized spacial score (nSPS) is 14.7. The van der Waals surface area contributed by atoms with Crippen LogP contribution >= 0.6 is 15.9 Å². The van der Waals surface area contributed by atoms with Crippen LogP contribution in [0.5, 0.6) is 17.2 Å². The lowest BCUT2D eigenvalue weighted by atomic mass is 9.99. The Kier molecular flexibility index (Phi) is 6.52. The Labute approximate surface area is 161 Å². The van der Waals surface area contributed by atoms with Crippen molar-refractivity contribution in [1.82, 2.24) is 5.32 Å². The molecular formula is C20H22BrNO4. The summed E-state index contributed by atoms with van der Waals surface area (Å²) in [6, 6.07) is 12.6. The van der Waals surface area contributed by atoms with Gasteiger partial charge in [-0.2, -0.15) is 0 Å². The van der Waals surface area contributed by atoms with Crippen LogP contribution in [0.2, 0.25) is 0 Å². The van der Waals surface area contributed by atoms with E-state index in [0.29, 0.717) is 27.5 Å². The molecule has 0 spiro atoms. The first kappa shape index (κ1) is 18.7. The molecule has 138 valence electrons. The number of nitrogens with one attached hydrogen (secondary N) is 1. The van der Waals surface area contributed by atoms with Crippen molar-refractivity contribution in [3.8, 4) is 17.2 Å². The molecule has 1 aliphatic heterocycles. The van der Waals surface area contributed by atoms with E-state index < -0.39 is 0 Å². The summed E-state index contributed by atoms with van der Waals surface area (Å²) in [5.41, 5.74) is 0.466. The van der Waals surface area contributed by atoms with Crippen molar-refractivity contribution < 1.29 is 19.0 Å². The second kappa shape index (κ2) is 9.05. The Morgan fingerprint density at radius 1 is 1.12 bits per heavy atom. The quantitative estimate of drug-likeness (QED) is 0.702. The molecule has 0 unspecified atom stereocenters. The number of methoxy groups -OCH3 is 1. The maximum Gasteiger partial charge on any atom is 0.337 e. The first-order valence-electron chi connectivity index (χ1n) is 8.65. The minimum atomic E-state index is -0.382. The number of hydrogen-bond donors (Lipinski definition) is 1. The van der Waals surface area contributed by atoms with Crippen LogP contribution in [-0.2, 0) is 4.74 Å². The first-order valence-corrected chi connectivity index (χ1v) is 9.44. The highest BCUT2D eigenvalue weighted by atomic mass is 79.9. The fraction of sp³-hybridized carbons (Fsp3) is 0.350. The van der Waals surface area contributed by atoms with Gasteiger partial charge in [-0.15, -0.1) is 0 Å². The molecular weight excluding hydrogens is 398 g/mol. The average Bonchev–Trinajstić information content (AvgIpc) is 2.69. The number of hydrogen-bond acceptors (Lipinski definition) is 5. The number of carbonyl (C=O) groups excluding carboxylic acids is 1. The Morgan fingerprint density at radius 3 is 2.46 bits per heavy atom. The van der Waals surface area contributed by atoms with Gasteiger partial charge in [0.2, 0.25) is 0 Å². The van der Waals surface area contributed by atoms with E-state index in [1.807, 2.05) is 24.3 Å². The monoisotopic (exact) mass is 419 g/mol. The molecule has 3 rings (SSSR count). The van der Waals surface area contributed by atoms with Crippen LogP contribution in [0.4, 0.5) is 0 Å². The van der Waals surface area contributed by atoms with Crippen LogP contribution in [0.3, 0.4) is 0 Å². The van der Waals surface area contributed by atoms with Crippen LogP contribution in [0.15, 0.2) is 46.9 Å². The van der Waals surface area contributed by atoms with Crippen LogP contribution in [0.25, 0.3) is 0 Å². The van der Waals surface area contributed by atoms with Crippen molar-refractivity contribution >= 4 is 21.9 Å². The highest BCUT2D eigenvalue weighted by molar-refractivity contribution is 9.10. The van der Waals surface area contributed by atoms with Gasteiger partial charge >= 0.3 is 5.97 Å². The molecule has 0 bridgehead atoms. The number of ether oxygens (including phenoxy) is 3. The van der Waals surface area contributed by atoms with Gasteiger partial charge in [0.05, 0.1) is 23.8 Å². The number of rotatable bonds is 6. The Balaban J connectivity index is 1.57. The molecule has 26 heavy (non-hydrogen) atoms. The van der Waals surface area contributed by atoms with Gasteiger partial charge in [-0.25, -0.2) is 4.79 Å². The van der Waals surface area contributed by atoms with E-state index in [9.17, 15) is 4.79 Å². The summed E-state index contributed by atoms with van der Waals surface area (Å²) >= 11 is 3.42. The van der Waals surface area contributed by atoms with E-state index in [-0.39, 0.29) is 5.97 Å². The maximum absolute atomic E-state index is 11.5. The molecule has 1 heterocycles. The second-order valence-electron chi connectivity index (χ2n) is 6.21. The zero-order chi connectivity index (χ0) is 18.4. The molecule has 0 saturated carbocycles. The first-order chi connectivity index (χ1) is 12.7. The molecule has 5 nitrogen and oxygen atoms in total. The van der Waals surface area contributed by atoms with Crippen LogP contribution in [0.1, 0.15) is 23.2 Å². The molecule has 0 radical (unpaired) electrons. The summed E-state index contributed by atoms with van der Waals surface area (Å²) in [6.07, 6.45) is 2.33. The fourth-order valence-electron chi connectivity index (χ4n) is 2.82. The average molecular weight is 420 g/mol. The van der Waals surface area contributed by atoms with Gasteiger partial charge in [-0.3, -0.25) is 0 Å². The molecule has 1 fully saturated rings. The smallest absolute Gasteiger partial charge is 0.337 e. The fourth-order valence-corrected chi connectivity index (χ4v) is 3.28. The van der Waals surface area contributed by atoms with Crippen molar-refractivity contribution in [3.05, 3.63) is 52.5 Å². The molecule has 2 aromatic carbocycles. The number of benzene rings is 2. The molecule has 2 aromatic rings. The topological polar surface area (TPSA) is 56.8 Å². The van der Waals surface area contributed by atoms with Crippen molar-refractivity contribution in [3.63, 3.8) is 0 Å². The molecule has 0 aromatic heterocycles. The number of halogens is 1. The number of carbonyl (C=O) groups is 1. The standard InChI is InChI=1S/C20H22BrNO4/c1-24-20(23)15-2-7-19(18(21)12-15)26-17-5-3-16(4-6-17)25-13-14-8-10-22-11-9-14/h2-7,12,14,22H,8-11,13H2,1H3. The van der Waals surface area contributed by atoms with Crippen LogP contribution < -0.4 is 14.8 Å². The van der Waals surface area contributed by atoms with Crippen molar-refractivity contribution in [2.45, 2.75) is 12.8 Å². The third kappa shape index (κ3) is 4.99. The lowest BCUT2D eigenvalue weighted by Crippen LogP contribution is -2.30. The SMILES string of the molecule is COC(=O)c1ccc(Oc2ccc(OCC3CCNCC3)cc2)c(Br)c1. The predicted octanol–water partition coefficient (Wildman–Crippen LogP) is 4.41. The highest BCUT2D eigenvalue weighted by Gasteiger charge is 2.14. The van der Waals surface area contributed by atoms with E-state index in [4.69, 9.17) is 14.2 Å². The van der Waals surface area contributed by atoms with E-state index in [0.717, 1.165) is 38.3 Å². The molecule has 1 saturated heterocycles. The summed E-state index contributed by atoms with van der Waals surface area (Å²) < 4.78 is 17.1. The third-order valence-electron chi connectivity index (χ3n) is 4.35. The summed E-state index contributed by atoms with van der Waals surface area (Å²) in [7, 11) is 1.36. The number of piperidine rings is 1. The van der Waals surface area contributed by atoms with E-state index in [1.54, 1.807) is 18.2 Å². The van der Waals surface area contributed by atoms with Crippen molar-refractivity contribution in [1.29, 1.82) is 0 Å². The maximum atomic E-state index is 11.5. The second-order valence-corrected chi connectivity index (χ2v) is 7.07. The van der Waals surface area contributed by atoms with Crippen molar-refractivity contribution in [2.75, 3.05) is 26.8 Å². The summed E-state index contributed by atoms with van der Waals surface area (Å²) in [6.45, 7) is 2.90. The summed E-state index contributed by atoms with van der Waals surface area (Å²) in [4.78, 5) is 11.5. The van der Waals surface area contributed by atoms with E-state index in [2.05, 4.69) is 21.2 Å². The molecule has 0 aliphatic carbocycles. The Morgan fingerprint density at radius 2 is 1.81 bits per heavy atom. The predicted molar refractivity (Wildman–Crippen MR) is 103 cm³/mol.